The average Bonchev–Trinajstić information content (AvgIpc) is 3.13. The SMILES string of the molecule is C/C=C1\c2c(C[C@H](C)NC)ccc(OC(=O)N(C)CCNC)c2OC1C(=O)CC. The van der Waals surface area contributed by atoms with Gasteiger partial charge in [0.2, 0.25) is 0 Å². The monoisotopic (exact) mass is 403 g/mol. The Morgan fingerprint density at radius 2 is 2.07 bits per heavy atom. The van der Waals surface area contributed by atoms with Crippen molar-refractivity contribution in [2.45, 2.75) is 45.8 Å². The molecule has 2 N–H and O–H groups in total. The number of carbonyl (C=O) groups excluding carboxylic acids is 2. The lowest BCUT2D eigenvalue weighted by molar-refractivity contribution is -0.122. The molecule has 1 amide bonds. The fraction of sp³-hybridized carbons (Fsp3) is 0.545. The van der Waals surface area contributed by atoms with E-state index in [9.17, 15) is 9.59 Å². The second kappa shape index (κ2) is 10.4. The number of hydrogen-bond acceptors (Lipinski definition) is 6. The first kappa shape index (κ1) is 22.9. The van der Waals surface area contributed by atoms with Crippen LogP contribution in [0, 0.1) is 0 Å². The van der Waals surface area contributed by atoms with Gasteiger partial charge in [-0.05, 0) is 46.0 Å². The van der Waals surface area contributed by atoms with Gasteiger partial charge in [0.05, 0.1) is 0 Å². The molecule has 0 fully saturated rings. The molecule has 2 rings (SSSR count). The first-order valence-corrected chi connectivity index (χ1v) is 10.1. The van der Waals surface area contributed by atoms with E-state index in [1.807, 2.05) is 40.1 Å². The standard InChI is InChI=1S/C22H33N3O4/c1-7-16-19-15(13-14(3)24-5)9-10-18(21(19)29-20(16)17(26)8-2)28-22(27)25(6)12-11-23-4/h7,9-10,14,20,23-24H,8,11-13H2,1-6H3/b16-7+/t14-,20?/m0/s1. The van der Waals surface area contributed by atoms with Crippen molar-refractivity contribution in [1.29, 1.82) is 0 Å². The van der Waals surface area contributed by atoms with E-state index in [0.29, 0.717) is 31.0 Å². The van der Waals surface area contributed by atoms with Gasteiger partial charge >= 0.3 is 6.09 Å². The lowest BCUT2D eigenvalue weighted by atomic mass is 9.91. The molecule has 7 nitrogen and oxygen atoms in total. The van der Waals surface area contributed by atoms with Crippen molar-refractivity contribution in [3.8, 4) is 11.5 Å². The van der Waals surface area contributed by atoms with Crippen molar-refractivity contribution in [1.82, 2.24) is 15.5 Å². The van der Waals surface area contributed by atoms with Crippen molar-refractivity contribution in [2.24, 2.45) is 0 Å². The minimum Gasteiger partial charge on any atom is -0.473 e. The van der Waals surface area contributed by atoms with Gasteiger partial charge in [0.15, 0.2) is 23.4 Å². The number of benzene rings is 1. The zero-order valence-electron chi connectivity index (χ0n) is 18.3. The largest absolute Gasteiger partial charge is 0.473 e. The number of ether oxygens (including phenoxy) is 2. The molecule has 0 bridgehead atoms. The van der Waals surface area contributed by atoms with E-state index < -0.39 is 12.2 Å². The van der Waals surface area contributed by atoms with Crippen molar-refractivity contribution < 1.29 is 19.1 Å². The highest BCUT2D eigenvalue weighted by Crippen LogP contribution is 2.47. The zero-order valence-corrected chi connectivity index (χ0v) is 18.3. The van der Waals surface area contributed by atoms with Crippen LogP contribution >= 0.6 is 0 Å². The van der Waals surface area contributed by atoms with Crippen LogP contribution < -0.4 is 20.1 Å². The first-order valence-electron chi connectivity index (χ1n) is 10.1. The molecule has 0 saturated heterocycles. The maximum absolute atomic E-state index is 12.5. The average molecular weight is 404 g/mol. The third-order valence-electron chi connectivity index (χ3n) is 5.19. The Bertz CT molecular complexity index is 776. The van der Waals surface area contributed by atoms with Gasteiger partial charge in [-0.2, -0.15) is 0 Å². The number of Topliss-reactive ketones (excluding diaryl/α,β-unsaturated/α-hetero) is 1. The number of likely N-dealkylation sites (N-methyl/N-ethyl adjacent to an activating group) is 3. The summed E-state index contributed by atoms with van der Waals surface area (Å²) in [5.41, 5.74) is 2.76. The van der Waals surface area contributed by atoms with Gasteiger partial charge in [-0.25, -0.2) is 4.79 Å². The van der Waals surface area contributed by atoms with Crippen molar-refractivity contribution >= 4 is 17.4 Å². The summed E-state index contributed by atoms with van der Waals surface area (Å²) in [5, 5.41) is 6.24. The summed E-state index contributed by atoms with van der Waals surface area (Å²) in [6.45, 7) is 7.00. The summed E-state index contributed by atoms with van der Waals surface area (Å²) in [6.07, 6.45) is 1.94. The smallest absolute Gasteiger partial charge is 0.415 e. The molecule has 1 heterocycles. The molecule has 7 heteroatoms. The maximum Gasteiger partial charge on any atom is 0.415 e. The number of ketones is 1. The van der Waals surface area contributed by atoms with E-state index in [-0.39, 0.29) is 11.8 Å². The van der Waals surface area contributed by atoms with Crippen molar-refractivity contribution in [3.63, 3.8) is 0 Å². The van der Waals surface area contributed by atoms with Gasteiger partial charge in [0, 0.05) is 43.7 Å². The summed E-state index contributed by atoms with van der Waals surface area (Å²) >= 11 is 0. The second-order valence-corrected chi connectivity index (χ2v) is 7.28. The Kier molecular flexibility index (Phi) is 8.22. The first-order chi connectivity index (χ1) is 13.9. The molecule has 1 aliphatic heterocycles. The number of allylic oxidation sites excluding steroid dienone is 1. The van der Waals surface area contributed by atoms with Crippen molar-refractivity contribution in [2.75, 3.05) is 34.2 Å². The summed E-state index contributed by atoms with van der Waals surface area (Å²) in [6, 6.07) is 3.96. The van der Waals surface area contributed by atoms with Crippen LogP contribution in [0.2, 0.25) is 0 Å². The van der Waals surface area contributed by atoms with Crippen molar-refractivity contribution in [3.05, 3.63) is 29.3 Å². The highest BCUT2D eigenvalue weighted by Gasteiger charge is 2.37. The van der Waals surface area contributed by atoms with Gasteiger partial charge in [0.25, 0.3) is 0 Å². The van der Waals surface area contributed by atoms with Crippen LogP contribution in [0.1, 0.15) is 38.3 Å². The third kappa shape index (κ3) is 5.16. The molecule has 0 aliphatic carbocycles. The Labute approximate surface area is 173 Å². The molecule has 0 aromatic heterocycles. The molecular formula is C22H33N3O4. The molecule has 0 spiro atoms. The number of carbonyl (C=O) groups is 2. The number of nitrogens with zero attached hydrogens (tertiary/aromatic N) is 1. The molecule has 2 atom stereocenters. The lowest BCUT2D eigenvalue weighted by Crippen LogP contribution is -2.34. The normalized spacial score (nSPS) is 17.6. The predicted octanol–water partition coefficient (Wildman–Crippen LogP) is 2.63. The molecule has 1 aliphatic rings. The van der Waals surface area contributed by atoms with Gasteiger partial charge in [-0.1, -0.05) is 19.1 Å². The van der Waals surface area contributed by atoms with Crippen LogP contribution in [0.3, 0.4) is 0 Å². The summed E-state index contributed by atoms with van der Waals surface area (Å²) in [4.78, 5) is 26.5. The highest BCUT2D eigenvalue weighted by molar-refractivity contribution is 6.00. The van der Waals surface area contributed by atoms with Gasteiger partial charge < -0.3 is 25.0 Å². The Hall–Kier alpha value is -2.38. The summed E-state index contributed by atoms with van der Waals surface area (Å²) in [5.74, 6) is 0.819. The Balaban J connectivity index is 2.43. The summed E-state index contributed by atoms with van der Waals surface area (Å²) < 4.78 is 11.7. The number of fused-ring (bicyclic) bond motifs is 1. The second-order valence-electron chi connectivity index (χ2n) is 7.28. The van der Waals surface area contributed by atoms with E-state index in [2.05, 4.69) is 17.6 Å². The van der Waals surface area contributed by atoms with Gasteiger partial charge in [0.1, 0.15) is 0 Å². The highest BCUT2D eigenvalue weighted by atomic mass is 16.6. The summed E-state index contributed by atoms with van der Waals surface area (Å²) in [7, 11) is 5.43. The fourth-order valence-corrected chi connectivity index (χ4v) is 3.30. The quantitative estimate of drug-likeness (QED) is 0.660. The minimum absolute atomic E-state index is 0.00493. The molecule has 0 radical (unpaired) electrons. The number of rotatable bonds is 9. The molecule has 1 unspecified atom stereocenters. The van der Waals surface area contributed by atoms with E-state index >= 15 is 0 Å². The van der Waals surface area contributed by atoms with E-state index in [0.717, 1.165) is 23.1 Å². The molecule has 1 aromatic rings. The van der Waals surface area contributed by atoms with Crippen LogP contribution in [-0.4, -0.2) is 63.2 Å². The number of hydrogen-bond donors (Lipinski definition) is 2. The fourth-order valence-electron chi connectivity index (χ4n) is 3.30. The molecule has 0 saturated carbocycles. The minimum atomic E-state index is -0.662. The Morgan fingerprint density at radius 1 is 1.34 bits per heavy atom. The van der Waals surface area contributed by atoms with E-state index in [4.69, 9.17) is 9.47 Å². The van der Waals surface area contributed by atoms with Crippen LogP contribution in [0.4, 0.5) is 4.79 Å². The molecule has 29 heavy (non-hydrogen) atoms. The maximum atomic E-state index is 12.5. The number of nitrogens with one attached hydrogen (secondary N) is 2. The van der Waals surface area contributed by atoms with Crippen LogP contribution in [-0.2, 0) is 11.2 Å². The molecular weight excluding hydrogens is 370 g/mol. The lowest BCUT2D eigenvalue weighted by Gasteiger charge is -2.19. The topological polar surface area (TPSA) is 79.9 Å². The molecule has 160 valence electrons. The predicted molar refractivity (Wildman–Crippen MR) is 115 cm³/mol. The van der Waals surface area contributed by atoms with Crippen LogP contribution in [0.15, 0.2) is 18.2 Å². The van der Waals surface area contributed by atoms with Gasteiger partial charge in [-0.15, -0.1) is 0 Å². The molecule has 1 aromatic carbocycles. The van der Waals surface area contributed by atoms with Gasteiger partial charge in [-0.3, -0.25) is 4.79 Å². The van der Waals surface area contributed by atoms with E-state index in [1.165, 1.54) is 4.90 Å². The van der Waals surface area contributed by atoms with Crippen LogP contribution in [0.5, 0.6) is 11.5 Å². The zero-order chi connectivity index (χ0) is 21.6. The Morgan fingerprint density at radius 3 is 2.66 bits per heavy atom. The van der Waals surface area contributed by atoms with Crippen LogP contribution in [0.25, 0.3) is 5.57 Å². The number of amides is 1. The third-order valence-corrected chi connectivity index (χ3v) is 5.19. The van der Waals surface area contributed by atoms with E-state index in [1.54, 1.807) is 13.1 Å².